The lowest BCUT2D eigenvalue weighted by Crippen LogP contribution is -2.33. The molecular formula is C13H20N2O2S2. The van der Waals surface area contributed by atoms with Gasteiger partial charge in [0.05, 0.1) is 5.75 Å². The van der Waals surface area contributed by atoms with Crippen molar-refractivity contribution in [3.8, 4) is 0 Å². The minimum atomic E-state index is -3.30. The highest BCUT2D eigenvalue weighted by molar-refractivity contribution is 7.88. The first kappa shape index (κ1) is 16.1. The predicted octanol–water partition coefficient (Wildman–Crippen LogP) is 1.93. The van der Waals surface area contributed by atoms with E-state index in [2.05, 4.69) is 4.72 Å². The fourth-order valence-corrected chi connectivity index (χ4v) is 3.41. The second-order valence-corrected chi connectivity index (χ2v) is 6.82. The molecule has 1 unspecified atom stereocenters. The lowest BCUT2D eigenvalue weighted by Gasteiger charge is -2.13. The summed E-state index contributed by atoms with van der Waals surface area (Å²) >= 11 is 4.85. The zero-order chi connectivity index (χ0) is 14.5. The van der Waals surface area contributed by atoms with Crippen LogP contribution in [-0.4, -0.2) is 19.4 Å². The molecule has 0 aromatic heterocycles. The van der Waals surface area contributed by atoms with Crippen molar-refractivity contribution in [2.24, 2.45) is 5.73 Å². The molecule has 0 aliphatic rings. The Morgan fingerprint density at radius 1 is 1.37 bits per heavy atom. The van der Waals surface area contributed by atoms with Crippen LogP contribution in [0, 0.1) is 0 Å². The van der Waals surface area contributed by atoms with Crippen LogP contribution in [0.2, 0.25) is 0 Å². The quantitative estimate of drug-likeness (QED) is 0.755. The molecule has 3 N–H and O–H groups in total. The van der Waals surface area contributed by atoms with Gasteiger partial charge < -0.3 is 5.73 Å². The van der Waals surface area contributed by atoms with E-state index < -0.39 is 10.0 Å². The standard InChI is InChI=1S/C13H20N2O2S2/c1-3-4-10(2)15-19(16,17)9-11-5-7-12(8-6-11)13(14)18/h5-8,10,15H,3-4,9H2,1-2H3,(H2,14,18). The summed E-state index contributed by atoms with van der Waals surface area (Å²) in [5, 5.41) is 0. The summed E-state index contributed by atoms with van der Waals surface area (Å²) in [6.07, 6.45) is 1.78. The Morgan fingerprint density at radius 3 is 2.42 bits per heavy atom. The molecule has 0 radical (unpaired) electrons. The summed E-state index contributed by atoms with van der Waals surface area (Å²) in [4.78, 5) is 0.309. The maximum absolute atomic E-state index is 11.9. The van der Waals surface area contributed by atoms with Gasteiger partial charge in [-0.1, -0.05) is 49.8 Å². The molecule has 0 heterocycles. The van der Waals surface area contributed by atoms with Gasteiger partial charge in [-0.2, -0.15) is 0 Å². The molecular weight excluding hydrogens is 280 g/mol. The lowest BCUT2D eigenvalue weighted by molar-refractivity contribution is 0.543. The Labute approximate surface area is 120 Å². The molecule has 0 aliphatic heterocycles. The number of nitrogens with two attached hydrogens (primary N) is 1. The van der Waals surface area contributed by atoms with Crippen molar-refractivity contribution < 1.29 is 8.42 Å². The molecule has 0 fully saturated rings. The van der Waals surface area contributed by atoms with Crippen LogP contribution >= 0.6 is 12.2 Å². The molecule has 0 saturated heterocycles. The van der Waals surface area contributed by atoms with Gasteiger partial charge in [-0.15, -0.1) is 0 Å². The molecule has 1 atom stereocenters. The Morgan fingerprint density at radius 2 is 1.95 bits per heavy atom. The maximum atomic E-state index is 11.9. The van der Waals surface area contributed by atoms with Crippen LogP contribution in [0.3, 0.4) is 0 Å². The second-order valence-electron chi connectivity index (χ2n) is 4.63. The molecule has 1 aromatic rings. The minimum absolute atomic E-state index is 0.0291. The highest BCUT2D eigenvalue weighted by Crippen LogP contribution is 2.09. The van der Waals surface area contributed by atoms with Crippen molar-refractivity contribution >= 4 is 27.2 Å². The summed E-state index contributed by atoms with van der Waals surface area (Å²) in [6, 6.07) is 6.91. The fourth-order valence-electron chi connectivity index (χ4n) is 1.82. The average Bonchev–Trinajstić information content (AvgIpc) is 2.28. The summed E-state index contributed by atoms with van der Waals surface area (Å²) in [5.74, 6) is -0.0291. The largest absolute Gasteiger partial charge is 0.389 e. The lowest BCUT2D eigenvalue weighted by atomic mass is 10.1. The highest BCUT2D eigenvalue weighted by atomic mass is 32.2. The molecule has 0 saturated carbocycles. The van der Waals surface area contributed by atoms with E-state index in [-0.39, 0.29) is 11.8 Å². The third kappa shape index (κ3) is 5.67. The predicted molar refractivity (Wildman–Crippen MR) is 82.5 cm³/mol. The summed E-state index contributed by atoms with van der Waals surface area (Å²) in [6.45, 7) is 3.90. The minimum Gasteiger partial charge on any atom is -0.389 e. The van der Waals surface area contributed by atoms with E-state index in [9.17, 15) is 8.42 Å². The first-order valence-electron chi connectivity index (χ1n) is 6.23. The SMILES string of the molecule is CCCC(C)NS(=O)(=O)Cc1ccc(C(N)=S)cc1. The van der Waals surface area contributed by atoms with Crippen molar-refractivity contribution in [3.63, 3.8) is 0 Å². The van der Waals surface area contributed by atoms with Crippen molar-refractivity contribution in [1.82, 2.24) is 4.72 Å². The van der Waals surface area contributed by atoms with Crippen molar-refractivity contribution in [2.45, 2.75) is 38.5 Å². The third-order valence-electron chi connectivity index (χ3n) is 2.70. The van der Waals surface area contributed by atoms with Crippen molar-refractivity contribution in [1.29, 1.82) is 0 Å². The number of benzene rings is 1. The molecule has 1 rings (SSSR count). The van der Waals surface area contributed by atoms with Gasteiger partial charge in [0.2, 0.25) is 10.0 Å². The van der Waals surface area contributed by atoms with E-state index in [1.165, 1.54) is 0 Å². The smallest absolute Gasteiger partial charge is 0.216 e. The van der Waals surface area contributed by atoms with E-state index in [4.69, 9.17) is 18.0 Å². The first-order valence-corrected chi connectivity index (χ1v) is 8.29. The number of thiocarbonyl (C=S) groups is 1. The van der Waals surface area contributed by atoms with Crippen LogP contribution in [0.15, 0.2) is 24.3 Å². The summed E-state index contributed by atoms with van der Waals surface area (Å²) < 4.78 is 26.5. The third-order valence-corrected chi connectivity index (χ3v) is 4.41. The summed E-state index contributed by atoms with van der Waals surface area (Å²) in [7, 11) is -3.30. The van der Waals surface area contributed by atoms with Gasteiger partial charge in [0, 0.05) is 11.6 Å². The van der Waals surface area contributed by atoms with Gasteiger partial charge in [0.1, 0.15) is 4.99 Å². The Balaban J connectivity index is 2.70. The van der Waals surface area contributed by atoms with E-state index in [1.54, 1.807) is 24.3 Å². The van der Waals surface area contributed by atoms with E-state index >= 15 is 0 Å². The molecule has 0 aliphatic carbocycles. The van der Waals surface area contributed by atoms with Crippen LogP contribution in [-0.2, 0) is 15.8 Å². The topological polar surface area (TPSA) is 72.2 Å². The van der Waals surface area contributed by atoms with Gasteiger partial charge in [-0.25, -0.2) is 13.1 Å². The first-order chi connectivity index (χ1) is 8.84. The molecule has 19 heavy (non-hydrogen) atoms. The fraction of sp³-hybridized carbons (Fsp3) is 0.462. The van der Waals surface area contributed by atoms with Gasteiger partial charge in [-0.3, -0.25) is 0 Å². The molecule has 1 aromatic carbocycles. The van der Waals surface area contributed by atoms with E-state index in [0.29, 0.717) is 4.99 Å². The number of hydrogen-bond acceptors (Lipinski definition) is 3. The zero-order valence-electron chi connectivity index (χ0n) is 11.2. The Bertz CT molecular complexity index is 524. The number of hydrogen-bond donors (Lipinski definition) is 2. The Hall–Kier alpha value is -0.980. The van der Waals surface area contributed by atoms with Crippen LogP contribution < -0.4 is 10.5 Å². The van der Waals surface area contributed by atoms with Crippen LogP contribution in [0.25, 0.3) is 0 Å². The zero-order valence-corrected chi connectivity index (χ0v) is 12.9. The molecule has 4 nitrogen and oxygen atoms in total. The Kier molecular flexibility index (Phi) is 5.90. The normalized spacial score (nSPS) is 13.2. The monoisotopic (exact) mass is 300 g/mol. The number of sulfonamides is 1. The van der Waals surface area contributed by atoms with E-state index in [1.807, 2.05) is 13.8 Å². The highest BCUT2D eigenvalue weighted by Gasteiger charge is 2.14. The van der Waals surface area contributed by atoms with Gasteiger partial charge in [-0.05, 0) is 18.9 Å². The number of rotatable bonds is 7. The van der Waals surface area contributed by atoms with Crippen LogP contribution in [0.4, 0.5) is 0 Å². The molecule has 106 valence electrons. The van der Waals surface area contributed by atoms with Gasteiger partial charge >= 0.3 is 0 Å². The maximum Gasteiger partial charge on any atom is 0.216 e. The van der Waals surface area contributed by atoms with Gasteiger partial charge in [0.15, 0.2) is 0 Å². The number of nitrogens with one attached hydrogen (secondary N) is 1. The van der Waals surface area contributed by atoms with E-state index in [0.717, 1.165) is 24.0 Å². The molecule has 0 amide bonds. The van der Waals surface area contributed by atoms with Crippen molar-refractivity contribution in [3.05, 3.63) is 35.4 Å². The van der Waals surface area contributed by atoms with Crippen LogP contribution in [0.1, 0.15) is 37.8 Å². The van der Waals surface area contributed by atoms with Crippen molar-refractivity contribution in [2.75, 3.05) is 0 Å². The van der Waals surface area contributed by atoms with Gasteiger partial charge in [0.25, 0.3) is 0 Å². The second kappa shape index (κ2) is 6.98. The average molecular weight is 300 g/mol. The van der Waals surface area contributed by atoms with Crippen LogP contribution in [0.5, 0.6) is 0 Å². The summed E-state index contributed by atoms with van der Waals surface area (Å²) in [5.41, 5.74) is 6.95. The molecule has 0 spiro atoms. The molecule has 0 bridgehead atoms. The molecule has 6 heteroatoms.